The predicted molar refractivity (Wildman–Crippen MR) is 72.8 cm³/mol. The summed E-state index contributed by atoms with van der Waals surface area (Å²) in [7, 11) is 1.86. The third-order valence-corrected chi connectivity index (χ3v) is 3.33. The molecule has 3 nitrogen and oxygen atoms in total. The second-order valence-electron chi connectivity index (χ2n) is 4.04. The number of halogens is 2. The SMILES string of the molecule is CCNC(c1ccc(Br)cc1F)c1ccnn1C. The minimum atomic E-state index is -0.225. The Labute approximate surface area is 114 Å². The first-order valence-corrected chi connectivity index (χ1v) is 6.59. The third kappa shape index (κ3) is 2.62. The molecule has 0 bridgehead atoms. The second kappa shape index (κ2) is 5.63. The fourth-order valence-electron chi connectivity index (χ4n) is 1.98. The van der Waals surface area contributed by atoms with E-state index < -0.39 is 0 Å². The summed E-state index contributed by atoms with van der Waals surface area (Å²) < 4.78 is 16.5. The zero-order valence-electron chi connectivity index (χ0n) is 10.3. The normalized spacial score (nSPS) is 12.7. The van der Waals surface area contributed by atoms with Gasteiger partial charge in [-0.25, -0.2) is 4.39 Å². The van der Waals surface area contributed by atoms with E-state index in [9.17, 15) is 4.39 Å². The van der Waals surface area contributed by atoms with E-state index in [1.807, 2.05) is 26.1 Å². The van der Waals surface area contributed by atoms with Gasteiger partial charge in [0.25, 0.3) is 0 Å². The number of hydrogen-bond donors (Lipinski definition) is 1. The topological polar surface area (TPSA) is 29.9 Å². The van der Waals surface area contributed by atoms with Gasteiger partial charge in [0.1, 0.15) is 5.82 Å². The molecule has 0 saturated heterocycles. The van der Waals surface area contributed by atoms with Gasteiger partial charge < -0.3 is 5.32 Å². The molecule has 0 aliphatic carbocycles. The standard InChI is InChI=1S/C13H15BrFN3/c1-3-16-13(12-6-7-17-18(12)2)10-5-4-9(14)8-11(10)15/h4-8,13,16H,3H2,1-2H3. The van der Waals surface area contributed by atoms with Gasteiger partial charge in [0, 0.05) is 23.3 Å². The van der Waals surface area contributed by atoms with Crippen LogP contribution in [0, 0.1) is 5.82 Å². The van der Waals surface area contributed by atoms with Crippen LogP contribution in [0.15, 0.2) is 34.9 Å². The lowest BCUT2D eigenvalue weighted by molar-refractivity contribution is 0.531. The van der Waals surface area contributed by atoms with Crippen LogP contribution < -0.4 is 5.32 Å². The van der Waals surface area contributed by atoms with Crippen LogP contribution >= 0.6 is 15.9 Å². The zero-order chi connectivity index (χ0) is 13.1. The van der Waals surface area contributed by atoms with Crippen molar-refractivity contribution < 1.29 is 4.39 Å². The van der Waals surface area contributed by atoms with Crippen molar-refractivity contribution in [3.8, 4) is 0 Å². The average Bonchev–Trinajstić information content (AvgIpc) is 2.73. The molecule has 5 heteroatoms. The molecule has 0 spiro atoms. The summed E-state index contributed by atoms with van der Waals surface area (Å²) in [6.07, 6.45) is 1.72. The number of aryl methyl sites for hydroxylation is 1. The smallest absolute Gasteiger partial charge is 0.129 e. The first kappa shape index (κ1) is 13.2. The van der Waals surface area contributed by atoms with Gasteiger partial charge in [-0.2, -0.15) is 5.10 Å². The first-order chi connectivity index (χ1) is 8.63. The number of nitrogens with one attached hydrogen (secondary N) is 1. The van der Waals surface area contributed by atoms with Crippen molar-refractivity contribution in [2.45, 2.75) is 13.0 Å². The lowest BCUT2D eigenvalue weighted by Gasteiger charge is -2.19. The number of benzene rings is 1. The van der Waals surface area contributed by atoms with Gasteiger partial charge >= 0.3 is 0 Å². The Morgan fingerprint density at radius 2 is 2.22 bits per heavy atom. The van der Waals surface area contributed by atoms with Crippen LogP contribution in [0.3, 0.4) is 0 Å². The fraction of sp³-hybridized carbons (Fsp3) is 0.308. The highest BCUT2D eigenvalue weighted by Crippen LogP contribution is 2.26. The molecule has 0 saturated carbocycles. The molecule has 18 heavy (non-hydrogen) atoms. The van der Waals surface area contributed by atoms with E-state index in [1.54, 1.807) is 16.9 Å². The van der Waals surface area contributed by atoms with Gasteiger partial charge in [-0.3, -0.25) is 4.68 Å². The van der Waals surface area contributed by atoms with Crippen molar-refractivity contribution in [1.29, 1.82) is 0 Å². The molecule has 1 aromatic heterocycles. The third-order valence-electron chi connectivity index (χ3n) is 2.84. The van der Waals surface area contributed by atoms with E-state index in [0.29, 0.717) is 5.56 Å². The van der Waals surface area contributed by atoms with Crippen LogP contribution in [-0.4, -0.2) is 16.3 Å². The molecule has 96 valence electrons. The quantitative estimate of drug-likeness (QED) is 0.940. The maximum absolute atomic E-state index is 14.0. The van der Waals surface area contributed by atoms with E-state index in [4.69, 9.17) is 0 Å². The molecule has 1 aromatic carbocycles. The van der Waals surface area contributed by atoms with Crippen molar-refractivity contribution in [3.05, 3.63) is 52.0 Å². The van der Waals surface area contributed by atoms with Gasteiger partial charge in [-0.1, -0.05) is 28.9 Å². The van der Waals surface area contributed by atoms with Crippen molar-refractivity contribution in [3.63, 3.8) is 0 Å². The monoisotopic (exact) mass is 311 g/mol. The average molecular weight is 312 g/mol. The van der Waals surface area contributed by atoms with E-state index in [-0.39, 0.29) is 11.9 Å². The van der Waals surface area contributed by atoms with Crippen LogP contribution in [0.1, 0.15) is 24.2 Å². The molecule has 1 atom stereocenters. The molecule has 2 rings (SSSR count). The molecular weight excluding hydrogens is 297 g/mol. The summed E-state index contributed by atoms with van der Waals surface area (Å²) in [6, 6.07) is 6.83. The van der Waals surface area contributed by atoms with Crippen LogP contribution in [0.2, 0.25) is 0 Å². The Hall–Kier alpha value is -1.20. The Balaban J connectivity index is 2.45. The van der Waals surface area contributed by atoms with E-state index >= 15 is 0 Å². The highest BCUT2D eigenvalue weighted by Gasteiger charge is 2.19. The molecule has 0 aliphatic rings. The van der Waals surface area contributed by atoms with E-state index in [2.05, 4.69) is 26.3 Å². The van der Waals surface area contributed by atoms with Gasteiger partial charge in [-0.15, -0.1) is 0 Å². The largest absolute Gasteiger partial charge is 0.305 e. The number of aromatic nitrogens is 2. The minimum Gasteiger partial charge on any atom is -0.305 e. The highest BCUT2D eigenvalue weighted by molar-refractivity contribution is 9.10. The lowest BCUT2D eigenvalue weighted by atomic mass is 10.0. The summed E-state index contributed by atoms with van der Waals surface area (Å²) in [5, 5.41) is 7.42. The lowest BCUT2D eigenvalue weighted by Crippen LogP contribution is -2.25. The highest BCUT2D eigenvalue weighted by atomic mass is 79.9. The van der Waals surface area contributed by atoms with Crippen LogP contribution in [-0.2, 0) is 7.05 Å². The summed E-state index contributed by atoms with van der Waals surface area (Å²) >= 11 is 3.27. The maximum atomic E-state index is 14.0. The van der Waals surface area contributed by atoms with Gasteiger partial charge in [-0.05, 0) is 24.7 Å². The summed E-state index contributed by atoms with van der Waals surface area (Å²) in [5.41, 5.74) is 1.57. The molecule has 0 fully saturated rings. The Morgan fingerprint density at radius 1 is 1.44 bits per heavy atom. The predicted octanol–water partition coefficient (Wildman–Crippen LogP) is 3.02. The van der Waals surface area contributed by atoms with E-state index in [1.165, 1.54) is 6.07 Å². The van der Waals surface area contributed by atoms with Crippen LogP contribution in [0.4, 0.5) is 4.39 Å². The second-order valence-corrected chi connectivity index (χ2v) is 4.95. The Kier molecular flexibility index (Phi) is 4.14. The number of hydrogen-bond acceptors (Lipinski definition) is 2. The molecule has 1 unspecified atom stereocenters. The van der Waals surface area contributed by atoms with Gasteiger partial charge in [0.05, 0.1) is 11.7 Å². The number of rotatable bonds is 4. The Bertz CT molecular complexity index is 539. The van der Waals surface area contributed by atoms with Crippen LogP contribution in [0.25, 0.3) is 0 Å². The molecule has 0 aliphatic heterocycles. The number of nitrogens with zero attached hydrogens (tertiary/aromatic N) is 2. The first-order valence-electron chi connectivity index (χ1n) is 5.79. The minimum absolute atomic E-state index is 0.185. The molecule has 0 amide bonds. The zero-order valence-corrected chi connectivity index (χ0v) is 11.9. The van der Waals surface area contributed by atoms with E-state index in [0.717, 1.165) is 16.7 Å². The maximum Gasteiger partial charge on any atom is 0.129 e. The van der Waals surface area contributed by atoms with Crippen molar-refractivity contribution in [2.75, 3.05) is 6.54 Å². The summed E-state index contributed by atoms with van der Waals surface area (Å²) in [4.78, 5) is 0. The van der Waals surface area contributed by atoms with Crippen LogP contribution in [0.5, 0.6) is 0 Å². The van der Waals surface area contributed by atoms with Crippen molar-refractivity contribution in [1.82, 2.24) is 15.1 Å². The summed E-state index contributed by atoms with van der Waals surface area (Å²) in [6.45, 7) is 2.76. The fourth-order valence-corrected chi connectivity index (χ4v) is 2.31. The molecular formula is C13H15BrFN3. The van der Waals surface area contributed by atoms with Gasteiger partial charge in [0.15, 0.2) is 0 Å². The molecule has 0 radical (unpaired) electrons. The van der Waals surface area contributed by atoms with Crippen molar-refractivity contribution in [2.24, 2.45) is 7.05 Å². The van der Waals surface area contributed by atoms with Gasteiger partial charge in [0.2, 0.25) is 0 Å². The summed E-state index contributed by atoms with van der Waals surface area (Å²) in [5.74, 6) is -0.225. The molecule has 1 heterocycles. The van der Waals surface area contributed by atoms with Crippen molar-refractivity contribution >= 4 is 15.9 Å². The molecule has 1 N–H and O–H groups in total. The Morgan fingerprint density at radius 3 is 2.78 bits per heavy atom. The molecule has 2 aromatic rings.